The molecule has 1 aliphatic carbocycles. The number of anilines is 1. The van der Waals surface area contributed by atoms with Gasteiger partial charge in [0, 0.05) is 23.1 Å². The Bertz CT molecular complexity index is 494. The fourth-order valence-electron chi connectivity index (χ4n) is 1.64. The van der Waals surface area contributed by atoms with Crippen molar-refractivity contribution in [2.75, 3.05) is 17.6 Å². The first-order valence-electron chi connectivity index (χ1n) is 6.17. The van der Waals surface area contributed by atoms with Crippen LogP contribution in [0.15, 0.2) is 35.2 Å². The highest BCUT2D eigenvalue weighted by atomic mass is 32.2. The van der Waals surface area contributed by atoms with E-state index in [9.17, 15) is 0 Å². The van der Waals surface area contributed by atoms with Gasteiger partial charge >= 0.3 is 0 Å². The topological polar surface area (TPSA) is 37.8 Å². The van der Waals surface area contributed by atoms with E-state index in [2.05, 4.69) is 39.8 Å². The lowest BCUT2D eigenvalue weighted by molar-refractivity contribution is 0.972. The molecule has 0 saturated heterocycles. The summed E-state index contributed by atoms with van der Waals surface area (Å²) in [6, 6.07) is 10.5. The monoisotopic (exact) mass is 277 g/mol. The SMILES string of the molecule is c1ccc(SCCNc2nnc(C3CC3)s2)cc1. The van der Waals surface area contributed by atoms with Gasteiger partial charge in [0.1, 0.15) is 5.01 Å². The molecule has 94 valence electrons. The first-order valence-corrected chi connectivity index (χ1v) is 7.97. The van der Waals surface area contributed by atoms with E-state index in [-0.39, 0.29) is 0 Å². The summed E-state index contributed by atoms with van der Waals surface area (Å²) in [5.74, 6) is 1.75. The van der Waals surface area contributed by atoms with Gasteiger partial charge in [0.15, 0.2) is 0 Å². The molecule has 0 amide bonds. The highest BCUT2D eigenvalue weighted by Crippen LogP contribution is 2.41. The van der Waals surface area contributed by atoms with Crippen molar-refractivity contribution in [3.05, 3.63) is 35.3 Å². The molecule has 18 heavy (non-hydrogen) atoms. The first-order chi connectivity index (χ1) is 8.92. The average Bonchev–Trinajstić information content (AvgIpc) is 3.16. The van der Waals surface area contributed by atoms with Crippen LogP contribution in [0.4, 0.5) is 5.13 Å². The maximum Gasteiger partial charge on any atom is 0.205 e. The van der Waals surface area contributed by atoms with Gasteiger partial charge < -0.3 is 5.32 Å². The van der Waals surface area contributed by atoms with Crippen molar-refractivity contribution >= 4 is 28.2 Å². The van der Waals surface area contributed by atoms with E-state index in [4.69, 9.17) is 0 Å². The summed E-state index contributed by atoms with van der Waals surface area (Å²) >= 11 is 3.57. The van der Waals surface area contributed by atoms with Gasteiger partial charge in [0.2, 0.25) is 5.13 Å². The number of hydrogen-bond acceptors (Lipinski definition) is 5. The zero-order valence-electron chi connectivity index (χ0n) is 10.0. The molecule has 5 heteroatoms. The second kappa shape index (κ2) is 5.71. The minimum atomic E-state index is 0.705. The smallest absolute Gasteiger partial charge is 0.205 e. The molecular weight excluding hydrogens is 262 g/mol. The lowest BCUT2D eigenvalue weighted by Gasteiger charge is -2.02. The van der Waals surface area contributed by atoms with Crippen LogP contribution in [0.1, 0.15) is 23.8 Å². The summed E-state index contributed by atoms with van der Waals surface area (Å²) < 4.78 is 0. The Kier molecular flexibility index (Phi) is 3.81. The van der Waals surface area contributed by atoms with Crippen LogP contribution in [0.5, 0.6) is 0 Å². The molecule has 3 rings (SSSR count). The third-order valence-corrected chi connectivity index (χ3v) is 4.81. The fraction of sp³-hybridized carbons (Fsp3) is 0.385. The van der Waals surface area contributed by atoms with Crippen molar-refractivity contribution in [2.45, 2.75) is 23.7 Å². The molecule has 0 aliphatic heterocycles. The van der Waals surface area contributed by atoms with Crippen molar-refractivity contribution in [1.82, 2.24) is 10.2 Å². The van der Waals surface area contributed by atoms with Crippen molar-refractivity contribution < 1.29 is 0 Å². The summed E-state index contributed by atoms with van der Waals surface area (Å²) in [4.78, 5) is 1.32. The predicted molar refractivity (Wildman–Crippen MR) is 77.5 cm³/mol. The van der Waals surface area contributed by atoms with Gasteiger partial charge in [-0.1, -0.05) is 29.5 Å². The zero-order valence-corrected chi connectivity index (χ0v) is 11.6. The molecular formula is C13H15N3S2. The number of nitrogens with one attached hydrogen (secondary N) is 1. The summed E-state index contributed by atoms with van der Waals surface area (Å²) in [5, 5.41) is 13.9. The van der Waals surface area contributed by atoms with Crippen LogP contribution in [0, 0.1) is 0 Å². The highest BCUT2D eigenvalue weighted by Gasteiger charge is 2.27. The Morgan fingerprint density at radius 3 is 2.83 bits per heavy atom. The van der Waals surface area contributed by atoms with Crippen molar-refractivity contribution in [1.29, 1.82) is 0 Å². The Morgan fingerprint density at radius 2 is 2.06 bits per heavy atom. The number of hydrogen-bond donors (Lipinski definition) is 1. The highest BCUT2D eigenvalue weighted by molar-refractivity contribution is 7.99. The second-order valence-electron chi connectivity index (χ2n) is 4.31. The average molecular weight is 277 g/mol. The Balaban J connectivity index is 1.41. The maximum atomic E-state index is 4.21. The van der Waals surface area contributed by atoms with Gasteiger partial charge in [-0.3, -0.25) is 0 Å². The van der Waals surface area contributed by atoms with Crippen LogP contribution in [0.3, 0.4) is 0 Å². The van der Waals surface area contributed by atoms with Crippen LogP contribution in [0.25, 0.3) is 0 Å². The van der Waals surface area contributed by atoms with Crippen LogP contribution >= 0.6 is 23.1 Å². The molecule has 1 saturated carbocycles. The molecule has 0 atom stereocenters. The lowest BCUT2D eigenvalue weighted by Crippen LogP contribution is -2.03. The van der Waals surface area contributed by atoms with E-state index in [1.54, 1.807) is 11.3 Å². The molecule has 1 heterocycles. The molecule has 3 nitrogen and oxygen atoms in total. The van der Waals surface area contributed by atoms with E-state index in [1.807, 2.05) is 17.8 Å². The molecule has 2 aromatic rings. The minimum Gasteiger partial charge on any atom is -0.359 e. The predicted octanol–water partition coefficient (Wildman–Crippen LogP) is 3.62. The van der Waals surface area contributed by atoms with E-state index in [0.717, 1.165) is 17.4 Å². The number of benzene rings is 1. The van der Waals surface area contributed by atoms with E-state index >= 15 is 0 Å². The lowest BCUT2D eigenvalue weighted by atomic mass is 10.4. The van der Waals surface area contributed by atoms with Crippen LogP contribution < -0.4 is 5.32 Å². The summed E-state index contributed by atoms with van der Waals surface area (Å²) in [6.07, 6.45) is 2.58. The van der Waals surface area contributed by atoms with E-state index in [0.29, 0.717) is 5.92 Å². The van der Waals surface area contributed by atoms with Gasteiger partial charge in [-0.15, -0.1) is 22.0 Å². The Labute approximate surface area is 115 Å². The van der Waals surface area contributed by atoms with Gasteiger partial charge in [-0.05, 0) is 25.0 Å². The minimum absolute atomic E-state index is 0.705. The normalized spacial score (nSPS) is 14.7. The van der Waals surface area contributed by atoms with Crippen LogP contribution in [-0.2, 0) is 0 Å². The number of rotatable bonds is 6. The Morgan fingerprint density at radius 1 is 1.22 bits per heavy atom. The molecule has 0 bridgehead atoms. The summed E-state index contributed by atoms with van der Waals surface area (Å²) in [7, 11) is 0. The molecule has 0 radical (unpaired) electrons. The third-order valence-electron chi connectivity index (χ3n) is 2.76. The zero-order chi connectivity index (χ0) is 12.2. The maximum absolute atomic E-state index is 4.21. The van der Waals surface area contributed by atoms with Gasteiger partial charge in [0.05, 0.1) is 0 Å². The third kappa shape index (κ3) is 3.23. The van der Waals surface area contributed by atoms with E-state index in [1.165, 1.54) is 22.7 Å². The van der Waals surface area contributed by atoms with Crippen LogP contribution in [-0.4, -0.2) is 22.5 Å². The molecule has 1 fully saturated rings. The molecule has 0 spiro atoms. The first kappa shape index (κ1) is 12.0. The quantitative estimate of drug-likeness (QED) is 0.646. The summed E-state index contributed by atoms with van der Waals surface area (Å²) in [5.41, 5.74) is 0. The molecule has 1 aromatic heterocycles. The van der Waals surface area contributed by atoms with Crippen LogP contribution in [0.2, 0.25) is 0 Å². The number of thioether (sulfide) groups is 1. The fourth-order valence-corrected chi connectivity index (χ4v) is 3.37. The van der Waals surface area contributed by atoms with E-state index < -0.39 is 0 Å². The van der Waals surface area contributed by atoms with Crippen molar-refractivity contribution in [2.24, 2.45) is 0 Å². The second-order valence-corrected chi connectivity index (χ2v) is 6.49. The van der Waals surface area contributed by atoms with Crippen molar-refractivity contribution in [3.63, 3.8) is 0 Å². The van der Waals surface area contributed by atoms with Gasteiger partial charge in [0.25, 0.3) is 0 Å². The number of nitrogens with zero attached hydrogens (tertiary/aromatic N) is 2. The Hall–Kier alpha value is -1.07. The largest absolute Gasteiger partial charge is 0.359 e. The molecule has 1 N–H and O–H groups in total. The molecule has 1 aliphatic rings. The van der Waals surface area contributed by atoms with Gasteiger partial charge in [-0.25, -0.2) is 0 Å². The standard InChI is InChI=1S/C13H15N3S2/c1-2-4-11(5-3-1)17-9-8-14-13-16-15-12(18-13)10-6-7-10/h1-5,10H,6-9H2,(H,14,16). The summed E-state index contributed by atoms with van der Waals surface area (Å²) in [6.45, 7) is 0.929. The molecule has 0 unspecified atom stereocenters. The van der Waals surface area contributed by atoms with Gasteiger partial charge in [-0.2, -0.15) is 0 Å². The molecule has 1 aromatic carbocycles. The van der Waals surface area contributed by atoms with Crippen molar-refractivity contribution in [3.8, 4) is 0 Å². The number of aromatic nitrogens is 2.